The molecule has 1 aliphatic rings. The van der Waals surface area contributed by atoms with E-state index >= 15 is 0 Å². The number of hydrogen-bond acceptors (Lipinski definition) is 1. The fourth-order valence-electron chi connectivity index (χ4n) is 2.15. The monoisotopic (exact) mass is 239 g/mol. The van der Waals surface area contributed by atoms with E-state index in [-0.39, 0.29) is 17.0 Å². The molecule has 4 heteroatoms. The third kappa shape index (κ3) is 2.62. The first-order chi connectivity index (χ1) is 8.20. The van der Waals surface area contributed by atoms with E-state index in [2.05, 4.69) is 0 Å². The minimum Gasteiger partial charge on any atom is -0.339 e. The van der Waals surface area contributed by atoms with Crippen LogP contribution in [-0.2, 0) is 0 Å². The van der Waals surface area contributed by atoms with Gasteiger partial charge in [0, 0.05) is 24.2 Å². The third-order valence-corrected chi connectivity index (χ3v) is 3.07. The number of benzene rings is 1. The number of nitrogens with zero attached hydrogens (tertiary/aromatic N) is 1. The number of hydrogen-bond donors (Lipinski definition) is 0. The molecule has 2 nitrogen and oxygen atoms in total. The van der Waals surface area contributed by atoms with Gasteiger partial charge in [-0.15, -0.1) is 0 Å². The molecule has 1 aromatic rings. The summed E-state index contributed by atoms with van der Waals surface area (Å²) in [7, 11) is 0. The molecular formula is C13H15F2NO. The van der Waals surface area contributed by atoms with Gasteiger partial charge in [0.1, 0.15) is 0 Å². The van der Waals surface area contributed by atoms with Gasteiger partial charge in [0.25, 0.3) is 12.3 Å². The van der Waals surface area contributed by atoms with Crippen molar-refractivity contribution < 1.29 is 13.6 Å². The molecule has 0 N–H and O–H groups in total. The summed E-state index contributed by atoms with van der Waals surface area (Å²) in [5, 5.41) is 0. The molecule has 92 valence electrons. The van der Waals surface area contributed by atoms with Crippen molar-refractivity contribution in [2.24, 2.45) is 0 Å². The average Bonchev–Trinajstić information content (AvgIpc) is 2.39. The largest absolute Gasteiger partial charge is 0.339 e. The number of alkyl halides is 2. The number of rotatable bonds is 2. The first-order valence-electron chi connectivity index (χ1n) is 5.86. The van der Waals surface area contributed by atoms with Gasteiger partial charge in [-0.2, -0.15) is 0 Å². The SMILES string of the molecule is O=C(c1ccccc1C(F)F)N1CCCCC1. The van der Waals surface area contributed by atoms with Crippen molar-refractivity contribution in [1.29, 1.82) is 0 Å². The Morgan fingerprint density at radius 3 is 2.41 bits per heavy atom. The lowest BCUT2D eigenvalue weighted by molar-refractivity contribution is 0.0712. The molecule has 0 aromatic heterocycles. The zero-order valence-electron chi connectivity index (χ0n) is 9.53. The first kappa shape index (κ1) is 12.0. The Balaban J connectivity index is 2.23. The minimum absolute atomic E-state index is 0.143. The van der Waals surface area contributed by atoms with Crippen LogP contribution in [0.15, 0.2) is 24.3 Å². The average molecular weight is 239 g/mol. The lowest BCUT2D eigenvalue weighted by Gasteiger charge is -2.27. The Morgan fingerprint density at radius 1 is 1.12 bits per heavy atom. The van der Waals surface area contributed by atoms with Gasteiger partial charge in [0.2, 0.25) is 0 Å². The van der Waals surface area contributed by atoms with Crippen LogP contribution in [0.1, 0.15) is 41.6 Å². The molecule has 1 fully saturated rings. The third-order valence-electron chi connectivity index (χ3n) is 3.07. The van der Waals surface area contributed by atoms with Crippen LogP contribution in [0.25, 0.3) is 0 Å². The topological polar surface area (TPSA) is 20.3 Å². The van der Waals surface area contributed by atoms with Gasteiger partial charge in [-0.05, 0) is 25.3 Å². The van der Waals surface area contributed by atoms with Crippen LogP contribution < -0.4 is 0 Å². The molecule has 0 spiro atoms. The van der Waals surface area contributed by atoms with Crippen LogP contribution in [0.4, 0.5) is 8.78 Å². The molecule has 0 aliphatic carbocycles. The Hall–Kier alpha value is -1.45. The minimum atomic E-state index is -2.60. The predicted octanol–water partition coefficient (Wildman–Crippen LogP) is 3.25. The van der Waals surface area contributed by atoms with Gasteiger partial charge >= 0.3 is 0 Å². The maximum absolute atomic E-state index is 12.8. The fourth-order valence-corrected chi connectivity index (χ4v) is 2.15. The highest BCUT2D eigenvalue weighted by Gasteiger charge is 2.23. The zero-order valence-corrected chi connectivity index (χ0v) is 9.53. The normalized spacial score (nSPS) is 16.3. The van der Waals surface area contributed by atoms with Crippen LogP contribution >= 0.6 is 0 Å². The fraction of sp³-hybridized carbons (Fsp3) is 0.462. The van der Waals surface area contributed by atoms with Gasteiger partial charge < -0.3 is 4.90 Å². The molecule has 0 bridgehead atoms. The highest BCUT2D eigenvalue weighted by molar-refractivity contribution is 5.95. The van der Waals surface area contributed by atoms with Crippen molar-refractivity contribution in [2.75, 3.05) is 13.1 Å². The van der Waals surface area contributed by atoms with Crippen molar-refractivity contribution in [2.45, 2.75) is 25.7 Å². The summed E-state index contributed by atoms with van der Waals surface area (Å²) >= 11 is 0. The summed E-state index contributed by atoms with van der Waals surface area (Å²) in [4.78, 5) is 13.8. The number of carbonyl (C=O) groups excluding carboxylic acids is 1. The highest BCUT2D eigenvalue weighted by Crippen LogP contribution is 2.24. The van der Waals surface area contributed by atoms with Gasteiger partial charge in [0.15, 0.2) is 0 Å². The number of halogens is 2. The molecule has 1 amide bonds. The molecule has 1 heterocycles. The van der Waals surface area contributed by atoms with Crippen LogP contribution in [0.5, 0.6) is 0 Å². The van der Waals surface area contributed by atoms with E-state index in [9.17, 15) is 13.6 Å². The van der Waals surface area contributed by atoms with Gasteiger partial charge in [-0.1, -0.05) is 18.2 Å². The summed E-state index contributed by atoms with van der Waals surface area (Å²) < 4.78 is 25.6. The summed E-state index contributed by atoms with van der Waals surface area (Å²) in [5.74, 6) is -0.263. The van der Waals surface area contributed by atoms with Gasteiger partial charge in [-0.25, -0.2) is 8.78 Å². The number of piperidine rings is 1. The lowest BCUT2D eigenvalue weighted by atomic mass is 10.0. The standard InChI is InChI=1S/C13H15F2NO/c14-12(15)10-6-2-3-7-11(10)13(17)16-8-4-1-5-9-16/h2-3,6-7,12H,1,4-5,8-9H2. The number of amides is 1. The maximum Gasteiger partial charge on any atom is 0.264 e. The second-order valence-corrected chi connectivity index (χ2v) is 4.24. The zero-order chi connectivity index (χ0) is 12.3. The van der Waals surface area contributed by atoms with Crippen LogP contribution in [-0.4, -0.2) is 23.9 Å². The molecule has 0 saturated carbocycles. The number of carbonyl (C=O) groups is 1. The van der Waals surface area contributed by atoms with Gasteiger partial charge in [0.05, 0.1) is 0 Å². The summed E-state index contributed by atoms with van der Waals surface area (Å²) in [6.45, 7) is 1.35. The van der Waals surface area contributed by atoms with Crippen LogP contribution in [0.3, 0.4) is 0 Å². The van der Waals surface area contributed by atoms with E-state index in [0.29, 0.717) is 13.1 Å². The molecule has 0 atom stereocenters. The Bertz CT molecular complexity index is 400. The van der Waals surface area contributed by atoms with Gasteiger partial charge in [-0.3, -0.25) is 4.79 Å². The molecule has 1 saturated heterocycles. The predicted molar refractivity (Wildman–Crippen MR) is 61.2 cm³/mol. The van der Waals surface area contributed by atoms with Crippen molar-refractivity contribution >= 4 is 5.91 Å². The molecule has 17 heavy (non-hydrogen) atoms. The molecular weight excluding hydrogens is 224 g/mol. The Kier molecular flexibility index (Phi) is 3.71. The lowest BCUT2D eigenvalue weighted by Crippen LogP contribution is -2.36. The second kappa shape index (κ2) is 5.25. The van der Waals surface area contributed by atoms with E-state index in [4.69, 9.17) is 0 Å². The van der Waals surface area contributed by atoms with E-state index < -0.39 is 6.43 Å². The van der Waals surface area contributed by atoms with Crippen LogP contribution in [0, 0.1) is 0 Å². The second-order valence-electron chi connectivity index (χ2n) is 4.24. The molecule has 0 radical (unpaired) electrons. The smallest absolute Gasteiger partial charge is 0.264 e. The number of likely N-dealkylation sites (tertiary alicyclic amines) is 1. The first-order valence-corrected chi connectivity index (χ1v) is 5.86. The molecule has 0 unspecified atom stereocenters. The van der Waals surface area contributed by atoms with E-state index in [1.54, 1.807) is 11.0 Å². The summed E-state index contributed by atoms with van der Waals surface area (Å²) in [6, 6.07) is 5.97. The van der Waals surface area contributed by atoms with Crippen molar-refractivity contribution in [3.63, 3.8) is 0 Å². The van der Waals surface area contributed by atoms with Crippen molar-refractivity contribution in [3.05, 3.63) is 35.4 Å². The Labute approximate surface area is 99.2 Å². The summed E-state index contributed by atoms with van der Waals surface area (Å²) in [6.07, 6.45) is 0.436. The van der Waals surface area contributed by atoms with Crippen molar-refractivity contribution in [1.82, 2.24) is 4.90 Å². The molecule has 1 aromatic carbocycles. The van der Waals surface area contributed by atoms with Crippen molar-refractivity contribution in [3.8, 4) is 0 Å². The van der Waals surface area contributed by atoms with E-state index in [1.165, 1.54) is 18.2 Å². The molecule has 2 rings (SSSR count). The maximum atomic E-state index is 12.8. The highest BCUT2D eigenvalue weighted by atomic mass is 19.3. The van der Waals surface area contributed by atoms with Crippen LogP contribution in [0.2, 0.25) is 0 Å². The Morgan fingerprint density at radius 2 is 1.76 bits per heavy atom. The quantitative estimate of drug-likeness (QED) is 0.775. The van der Waals surface area contributed by atoms with E-state index in [1.807, 2.05) is 0 Å². The molecule has 1 aliphatic heterocycles. The van der Waals surface area contributed by atoms with E-state index in [0.717, 1.165) is 19.3 Å². The summed E-state index contributed by atoms with van der Waals surface area (Å²) in [5.41, 5.74) is -0.0209.